The number of aromatic nitrogens is 2. The predicted octanol–water partition coefficient (Wildman–Crippen LogP) is 4.08. The first-order valence-electron chi connectivity index (χ1n) is 10.3. The van der Waals surface area contributed by atoms with Crippen LogP contribution < -0.4 is 10.6 Å². The molecule has 0 spiro atoms. The lowest BCUT2D eigenvalue weighted by molar-refractivity contribution is 0.571. The molecule has 0 radical (unpaired) electrons. The van der Waals surface area contributed by atoms with Crippen molar-refractivity contribution in [3.05, 3.63) is 71.0 Å². The van der Waals surface area contributed by atoms with Gasteiger partial charge in [0.1, 0.15) is 5.82 Å². The van der Waals surface area contributed by atoms with E-state index in [1.807, 2.05) is 37.8 Å². The summed E-state index contributed by atoms with van der Waals surface area (Å²) in [4.78, 5) is 6.25. The van der Waals surface area contributed by atoms with E-state index in [1.165, 1.54) is 0 Å². The van der Waals surface area contributed by atoms with Crippen molar-refractivity contribution < 1.29 is 12.8 Å². The second-order valence-corrected chi connectivity index (χ2v) is 11.7. The third-order valence-corrected chi connectivity index (χ3v) is 7.62. The quantitative estimate of drug-likeness (QED) is 0.616. The molecule has 6 nitrogen and oxygen atoms in total. The zero-order valence-electron chi connectivity index (χ0n) is 18.2. The second-order valence-electron chi connectivity index (χ2n) is 9.24. The Kier molecular flexibility index (Phi) is 5.81. The maximum atomic E-state index is 15.2. The number of benzene rings is 2. The average molecular weight is 477 g/mol. The fourth-order valence-corrected chi connectivity index (χ4v) is 5.60. The summed E-state index contributed by atoms with van der Waals surface area (Å²) in [6.07, 6.45) is 3.32. The number of nitrogens with two attached hydrogens (primary N) is 1. The van der Waals surface area contributed by atoms with Crippen molar-refractivity contribution in [2.75, 3.05) is 17.2 Å². The molecule has 1 aliphatic rings. The SMILES string of the molecule is CC(C)(C)c1cn(-c2cc3c(cc2F)S(=O)(=O)C[C@H](N)CN3Cc2ccc(Cl)cc2)cn1. The number of hydrogen-bond donors (Lipinski definition) is 1. The number of hydrogen-bond acceptors (Lipinski definition) is 5. The standard InChI is InChI=1S/C23H26ClFN4O2S/c1-23(2,3)22-12-29(14-27-22)19-9-20-21(8-18(19)25)32(30,31)13-17(26)11-28(20)10-15-4-6-16(24)7-5-15/h4-9,12,14,17H,10-11,13,26H2,1-3H3/t17-/m1/s1. The van der Waals surface area contributed by atoms with Gasteiger partial charge in [-0.25, -0.2) is 17.8 Å². The minimum absolute atomic E-state index is 0.0446. The lowest BCUT2D eigenvalue weighted by atomic mass is 9.93. The van der Waals surface area contributed by atoms with Gasteiger partial charge in [0.2, 0.25) is 0 Å². The molecule has 1 aromatic heterocycles. The highest BCUT2D eigenvalue weighted by Gasteiger charge is 2.32. The summed E-state index contributed by atoms with van der Waals surface area (Å²) >= 11 is 6.00. The van der Waals surface area contributed by atoms with Crippen LogP contribution >= 0.6 is 11.6 Å². The van der Waals surface area contributed by atoms with Crippen LogP contribution in [0.3, 0.4) is 0 Å². The number of sulfone groups is 1. The molecular weight excluding hydrogens is 451 g/mol. The fourth-order valence-electron chi connectivity index (χ4n) is 3.83. The molecule has 3 aromatic rings. The molecule has 0 unspecified atom stereocenters. The van der Waals surface area contributed by atoms with Crippen LogP contribution in [0.4, 0.5) is 10.1 Å². The monoisotopic (exact) mass is 476 g/mol. The third-order valence-electron chi connectivity index (χ3n) is 5.51. The van der Waals surface area contributed by atoms with Gasteiger partial charge in [-0.2, -0.15) is 0 Å². The van der Waals surface area contributed by atoms with E-state index in [-0.39, 0.29) is 21.8 Å². The molecule has 2 N–H and O–H groups in total. The maximum absolute atomic E-state index is 15.2. The molecule has 9 heteroatoms. The van der Waals surface area contributed by atoms with Gasteiger partial charge in [-0.3, -0.25) is 0 Å². The topological polar surface area (TPSA) is 81.2 Å². The zero-order chi connectivity index (χ0) is 23.3. The molecule has 0 saturated carbocycles. The Balaban J connectivity index is 1.84. The smallest absolute Gasteiger partial charge is 0.182 e. The van der Waals surface area contributed by atoms with Crippen LogP contribution in [0.1, 0.15) is 32.0 Å². The highest BCUT2D eigenvalue weighted by molar-refractivity contribution is 7.91. The number of fused-ring (bicyclic) bond motifs is 1. The Morgan fingerprint density at radius 3 is 2.50 bits per heavy atom. The number of nitrogens with zero attached hydrogens (tertiary/aromatic N) is 3. The summed E-state index contributed by atoms with van der Waals surface area (Å²) in [5, 5.41) is 0.614. The first kappa shape index (κ1) is 22.8. The summed E-state index contributed by atoms with van der Waals surface area (Å²) in [6.45, 7) is 6.80. The molecule has 0 aliphatic carbocycles. The molecule has 2 heterocycles. The Morgan fingerprint density at radius 2 is 1.88 bits per heavy atom. The van der Waals surface area contributed by atoms with E-state index in [1.54, 1.807) is 35.3 Å². The van der Waals surface area contributed by atoms with E-state index in [2.05, 4.69) is 4.98 Å². The van der Waals surface area contributed by atoms with Gasteiger partial charge in [0, 0.05) is 35.8 Å². The number of rotatable bonds is 3. The van der Waals surface area contributed by atoms with Crippen LogP contribution in [0.2, 0.25) is 5.02 Å². The van der Waals surface area contributed by atoms with Crippen molar-refractivity contribution in [2.24, 2.45) is 5.73 Å². The van der Waals surface area contributed by atoms with Gasteiger partial charge < -0.3 is 15.2 Å². The van der Waals surface area contributed by atoms with E-state index in [0.717, 1.165) is 17.3 Å². The van der Waals surface area contributed by atoms with Gasteiger partial charge in [0.15, 0.2) is 9.84 Å². The minimum Gasteiger partial charge on any atom is -0.364 e. The van der Waals surface area contributed by atoms with Crippen molar-refractivity contribution in [1.82, 2.24) is 9.55 Å². The molecule has 170 valence electrons. The third kappa shape index (κ3) is 4.53. The molecule has 0 fully saturated rings. The first-order chi connectivity index (χ1) is 14.9. The van der Waals surface area contributed by atoms with Crippen LogP contribution in [0.15, 0.2) is 53.8 Å². The minimum atomic E-state index is -3.75. The molecule has 1 aliphatic heterocycles. The van der Waals surface area contributed by atoms with E-state index >= 15 is 4.39 Å². The average Bonchev–Trinajstić information content (AvgIpc) is 3.16. The summed E-state index contributed by atoms with van der Waals surface area (Å²) in [5.41, 5.74) is 8.35. The summed E-state index contributed by atoms with van der Waals surface area (Å²) in [7, 11) is -3.75. The van der Waals surface area contributed by atoms with Crippen LogP contribution in [-0.2, 0) is 21.8 Å². The summed E-state index contributed by atoms with van der Waals surface area (Å²) < 4.78 is 42.7. The molecule has 1 atom stereocenters. The highest BCUT2D eigenvalue weighted by atomic mass is 35.5. The van der Waals surface area contributed by atoms with Crippen LogP contribution in [0, 0.1) is 5.82 Å². The number of imidazole rings is 1. The maximum Gasteiger partial charge on any atom is 0.182 e. The second kappa shape index (κ2) is 8.17. The van der Waals surface area contributed by atoms with Crippen LogP contribution in [0.5, 0.6) is 0 Å². The Bertz CT molecular complexity index is 1250. The van der Waals surface area contributed by atoms with Gasteiger partial charge in [0.05, 0.1) is 34.0 Å². The number of anilines is 1. The van der Waals surface area contributed by atoms with Gasteiger partial charge in [-0.15, -0.1) is 0 Å². The molecule has 2 aromatic carbocycles. The molecule has 0 bridgehead atoms. The summed E-state index contributed by atoms with van der Waals surface area (Å²) in [5.74, 6) is -0.873. The van der Waals surface area contributed by atoms with Gasteiger partial charge in [-0.05, 0) is 29.8 Å². The highest BCUT2D eigenvalue weighted by Crippen LogP contribution is 2.35. The van der Waals surface area contributed by atoms with Crippen molar-refractivity contribution in [3.8, 4) is 5.69 Å². The largest absolute Gasteiger partial charge is 0.364 e. The molecule has 0 saturated heterocycles. The van der Waals surface area contributed by atoms with Crippen LogP contribution in [0.25, 0.3) is 5.69 Å². The van der Waals surface area contributed by atoms with E-state index in [4.69, 9.17) is 17.3 Å². The molecule has 32 heavy (non-hydrogen) atoms. The number of halogens is 2. The van der Waals surface area contributed by atoms with Gasteiger partial charge >= 0.3 is 0 Å². The summed E-state index contributed by atoms with van der Waals surface area (Å²) in [6, 6.07) is 9.38. The van der Waals surface area contributed by atoms with E-state index in [9.17, 15) is 8.42 Å². The Morgan fingerprint density at radius 1 is 1.19 bits per heavy atom. The van der Waals surface area contributed by atoms with Crippen molar-refractivity contribution in [2.45, 2.75) is 43.7 Å². The van der Waals surface area contributed by atoms with Crippen molar-refractivity contribution in [1.29, 1.82) is 0 Å². The lowest BCUT2D eigenvalue weighted by Gasteiger charge is -2.27. The normalized spacial score (nSPS) is 18.3. The first-order valence-corrected chi connectivity index (χ1v) is 12.3. The van der Waals surface area contributed by atoms with E-state index < -0.39 is 21.7 Å². The van der Waals surface area contributed by atoms with E-state index in [0.29, 0.717) is 23.8 Å². The van der Waals surface area contributed by atoms with Crippen LogP contribution in [-0.4, -0.2) is 36.3 Å². The zero-order valence-corrected chi connectivity index (χ0v) is 19.8. The molecule has 4 rings (SSSR count). The molecule has 0 amide bonds. The van der Waals surface area contributed by atoms with Crippen molar-refractivity contribution in [3.63, 3.8) is 0 Å². The lowest BCUT2D eigenvalue weighted by Crippen LogP contribution is -2.39. The molecular formula is C23H26ClFN4O2S. The predicted molar refractivity (Wildman–Crippen MR) is 125 cm³/mol. The Labute approximate surface area is 192 Å². The van der Waals surface area contributed by atoms with Gasteiger partial charge in [-0.1, -0.05) is 44.5 Å². The fraction of sp³-hybridized carbons (Fsp3) is 0.348. The Hall–Kier alpha value is -2.42. The van der Waals surface area contributed by atoms with Crippen molar-refractivity contribution >= 4 is 27.1 Å². The van der Waals surface area contributed by atoms with Gasteiger partial charge in [0.25, 0.3) is 0 Å².